The molecule has 0 bridgehead atoms. The number of anilines is 1. The number of carbonyl (C=O) groups is 2. The van der Waals surface area contributed by atoms with E-state index in [1.54, 1.807) is 0 Å². The summed E-state index contributed by atoms with van der Waals surface area (Å²) in [6.45, 7) is 0. The Morgan fingerprint density at radius 2 is 1.61 bits per heavy atom. The lowest BCUT2D eigenvalue weighted by Crippen LogP contribution is -2.38. The summed E-state index contributed by atoms with van der Waals surface area (Å²) in [4.78, 5) is 51.8. The van der Waals surface area contributed by atoms with Gasteiger partial charge in [0.1, 0.15) is 5.56 Å². The molecule has 10 nitrogen and oxygen atoms in total. The SMILES string of the molecule is COC(=O)c1ccc(NC(=O)c2c[nH]c(=O)n(-c3ccc(OC)c(OC)c3)c2=O)cc1. The molecule has 0 radical (unpaired) electrons. The van der Waals surface area contributed by atoms with E-state index in [9.17, 15) is 19.2 Å². The van der Waals surface area contributed by atoms with Crippen LogP contribution < -0.4 is 26.0 Å². The van der Waals surface area contributed by atoms with Gasteiger partial charge in [-0.15, -0.1) is 0 Å². The highest BCUT2D eigenvalue weighted by atomic mass is 16.5. The number of amides is 1. The monoisotopic (exact) mass is 425 g/mol. The van der Waals surface area contributed by atoms with Crippen molar-refractivity contribution in [3.05, 3.63) is 80.6 Å². The van der Waals surface area contributed by atoms with Crippen LogP contribution in [0.5, 0.6) is 11.5 Å². The minimum Gasteiger partial charge on any atom is -0.493 e. The summed E-state index contributed by atoms with van der Waals surface area (Å²) in [7, 11) is 4.14. The number of aromatic amines is 1. The van der Waals surface area contributed by atoms with Gasteiger partial charge in [-0.05, 0) is 36.4 Å². The molecular weight excluding hydrogens is 406 g/mol. The summed E-state index contributed by atoms with van der Waals surface area (Å²) >= 11 is 0. The van der Waals surface area contributed by atoms with Crippen molar-refractivity contribution in [3.8, 4) is 17.2 Å². The van der Waals surface area contributed by atoms with Crippen molar-refractivity contribution in [3.63, 3.8) is 0 Å². The molecule has 160 valence electrons. The Balaban J connectivity index is 1.95. The van der Waals surface area contributed by atoms with E-state index in [0.717, 1.165) is 10.8 Å². The zero-order valence-corrected chi connectivity index (χ0v) is 16.9. The number of ether oxygens (including phenoxy) is 3. The fourth-order valence-corrected chi connectivity index (χ4v) is 2.84. The number of methoxy groups -OCH3 is 3. The fourth-order valence-electron chi connectivity index (χ4n) is 2.84. The maximum atomic E-state index is 12.9. The predicted octanol–water partition coefficient (Wildman–Crippen LogP) is 1.58. The zero-order valence-electron chi connectivity index (χ0n) is 16.9. The van der Waals surface area contributed by atoms with Gasteiger partial charge < -0.3 is 24.5 Å². The van der Waals surface area contributed by atoms with Crippen molar-refractivity contribution in [2.75, 3.05) is 26.6 Å². The molecule has 0 unspecified atom stereocenters. The van der Waals surface area contributed by atoms with E-state index in [4.69, 9.17) is 9.47 Å². The lowest BCUT2D eigenvalue weighted by Gasteiger charge is -2.11. The van der Waals surface area contributed by atoms with Crippen LogP contribution in [0.25, 0.3) is 5.69 Å². The molecule has 0 aliphatic carbocycles. The highest BCUT2D eigenvalue weighted by molar-refractivity contribution is 6.04. The number of hydrogen-bond acceptors (Lipinski definition) is 7. The van der Waals surface area contributed by atoms with Gasteiger partial charge in [-0.3, -0.25) is 9.59 Å². The van der Waals surface area contributed by atoms with Crippen LogP contribution in [0, 0.1) is 0 Å². The molecule has 2 aromatic carbocycles. The van der Waals surface area contributed by atoms with Crippen molar-refractivity contribution in [2.45, 2.75) is 0 Å². The number of benzene rings is 2. The van der Waals surface area contributed by atoms with Crippen molar-refractivity contribution in [1.29, 1.82) is 0 Å². The molecule has 1 aromatic heterocycles. The number of hydrogen-bond donors (Lipinski definition) is 2. The molecule has 0 aliphatic heterocycles. The van der Waals surface area contributed by atoms with Crippen LogP contribution in [0.3, 0.4) is 0 Å². The summed E-state index contributed by atoms with van der Waals surface area (Å²) in [5, 5.41) is 2.55. The van der Waals surface area contributed by atoms with E-state index in [1.165, 1.54) is 63.8 Å². The lowest BCUT2D eigenvalue weighted by atomic mass is 10.2. The lowest BCUT2D eigenvalue weighted by molar-refractivity contribution is 0.0600. The summed E-state index contributed by atoms with van der Waals surface area (Å²) in [6, 6.07) is 10.4. The maximum absolute atomic E-state index is 12.9. The number of nitrogens with zero attached hydrogens (tertiary/aromatic N) is 1. The third-order valence-electron chi connectivity index (χ3n) is 4.41. The quantitative estimate of drug-likeness (QED) is 0.574. The molecule has 3 aromatic rings. The predicted molar refractivity (Wildman–Crippen MR) is 111 cm³/mol. The highest BCUT2D eigenvalue weighted by Crippen LogP contribution is 2.28. The largest absolute Gasteiger partial charge is 0.493 e. The average molecular weight is 425 g/mol. The van der Waals surface area contributed by atoms with Crippen molar-refractivity contribution in [2.24, 2.45) is 0 Å². The Bertz CT molecular complexity index is 1240. The Kier molecular flexibility index (Phi) is 6.20. The Labute approximate surface area is 176 Å². The smallest absolute Gasteiger partial charge is 0.337 e. The summed E-state index contributed by atoms with van der Waals surface area (Å²) in [5.41, 5.74) is -0.982. The van der Waals surface area contributed by atoms with Gasteiger partial charge in [0.25, 0.3) is 11.5 Å². The first-order valence-corrected chi connectivity index (χ1v) is 8.96. The second-order valence-corrected chi connectivity index (χ2v) is 6.21. The van der Waals surface area contributed by atoms with Crippen LogP contribution in [0.2, 0.25) is 0 Å². The van der Waals surface area contributed by atoms with Gasteiger partial charge in [0.15, 0.2) is 11.5 Å². The van der Waals surface area contributed by atoms with E-state index in [2.05, 4.69) is 15.0 Å². The molecule has 0 saturated heterocycles. The molecule has 0 spiro atoms. The zero-order chi connectivity index (χ0) is 22.5. The van der Waals surface area contributed by atoms with Crippen molar-refractivity contribution < 1.29 is 23.8 Å². The van der Waals surface area contributed by atoms with Gasteiger partial charge in [0.05, 0.1) is 32.6 Å². The van der Waals surface area contributed by atoms with E-state index >= 15 is 0 Å². The first-order valence-electron chi connectivity index (χ1n) is 8.96. The van der Waals surface area contributed by atoms with Gasteiger partial charge in [-0.2, -0.15) is 0 Å². The van der Waals surface area contributed by atoms with Crippen LogP contribution in [0.15, 0.2) is 58.3 Å². The minimum atomic E-state index is -0.820. The van der Waals surface area contributed by atoms with Crippen LogP contribution in [-0.4, -0.2) is 42.8 Å². The van der Waals surface area contributed by atoms with Gasteiger partial charge in [0.2, 0.25) is 0 Å². The van der Waals surface area contributed by atoms with E-state index in [1.807, 2.05) is 0 Å². The highest BCUT2D eigenvalue weighted by Gasteiger charge is 2.17. The molecule has 1 heterocycles. The Hall–Kier alpha value is -4.34. The fraction of sp³-hybridized carbons (Fsp3) is 0.143. The summed E-state index contributed by atoms with van der Waals surface area (Å²) in [5.74, 6) is -0.524. The van der Waals surface area contributed by atoms with Gasteiger partial charge in [-0.25, -0.2) is 14.2 Å². The van der Waals surface area contributed by atoms with Crippen LogP contribution in [-0.2, 0) is 4.74 Å². The average Bonchev–Trinajstić information content (AvgIpc) is 2.78. The molecule has 0 fully saturated rings. The number of H-pyrrole nitrogens is 1. The number of esters is 1. The molecule has 1 amide bonds. The summed E-state index contributed by atoms with van der Waals surface area (Å²) < 4.78 is 15.8. The van der Waals surface area contributed by atoms with Crippen molar-refractivity contribution in [1.82, 2.24) is 9.55 Å². The molecular formula is C21H19N3O7. The number of nitrogens with one attached hydrogen (secondary N) is 2. The Morgan fingerprint density at radius 3 is 2.23 bits per heavy atom. The second kappa shape index (κ2) is 8.99. The molecule has 3 rings (SSSR count). The van der Waals surface area contributed by atoms with Gasteiger partial charge >= 0.3 is 11.7 Å². The number of carbonyl (C=O) groups excluding carboxylic acids is 2. The normalized spacial score (nSPS) is 10.3. The maximum Gasteiger partial charge on any atom is 0.337 e. The Morgan fingerprint density at radius 1 is 0.935 bits per heavy atom. The number of aromatic nitrogens is 2. The minimum absolute atomic E-state index is 0.195. The first kappa shape index (κ1) is 21.4. The third-order valence-corrected chi connectivity index (χ3v) is 4.41. The van der Waals surface area contributed by atoms with Crippen LogP contribution in [0.1, 0.15) is 20.7 Å². The first-order chi connectivity index (χ1) is 14.9. The molecule has 0 atom stereocenters. The van der Waals surface area contributed by atoms with E-state index in [-0.39, 0.29) is 11.3 Å². The van der Waals surface area contributed by atoms with Gasteiger partial charge in [-0.1, -0.05) is 0 Å². The van der Waals surface area contributed by atoms with E-state index < -0.39 is 23.1 Å². The summed E-state index contributed by atoms with van der Waals surface area (Å²) in [6.07, 6.45) is 1.04. The molecule has 0 saturated carbocycles. The van der Waals surface area contributed by atoms with Crippen LogP contribution in [0.4, 0.5) is 5.69 Å². The topological polar surface area (TPSA) is 129 Å². The van der Waals surface area contributed by atoms with Crippen LogP contribution >= 0.6 is 0 Å². The van der Waals surface area contributed by atoms with E-state index in [0.29, 0.717) is 22.7 Å². The third kappa shape index (κ3) is 4.32. The molecule has 31 heavy (non-hydrogen) atoms. The van der Waals surface area contributed by atoms with Crippen molar-refractivity contribution >= 4 is 17.6 Å². The van der Waals surface area contributed by atoms with Gasteiger partial charge in [0, 0.05) is 18.0 Å². The molecule has 10 heteroatoms. The molecule has 0 aliphatic rings. The molecule has 2 N–H and O–H groups in total. The number of rotatable bonds is 6. The standard InChI is InChI=1S/C21H19N3O7/c1-29-16-9-8-14(10-17(16)30-2)24-19(26)15(11-22-21(24)28)18(25)23-13-6-4-12(5-7-13)20(27)31-3/h4-11H,1-3H3,(H,22,28)(H,23,25). The second-order valence-electron chi connectivity index (χ2n) is 6.21.